The number of carbonyl (C=O) groups excluding carboxylic acids is 2. The second-order valence-corrected chi connectivity index (χ2v) is 8.77. The molecule has 1 N–H and O–H groups in total. The molecular weight excluding hydrogens is 454 g/mol. The minimum Gasteiger partial charge on any atom is -0.503 e. The van der Waals surface area contributed by atoms with Crippen LogP contribution in [-0.4, -0.2) is 31.0 Å². The van der Waals surface area contributed by atoms with Crippen molar-refractivity contribution in [3.63, 3.8) is 0 Å². The first kappa shape index (κ1) is 21.8. The Labute approximate surface area is 199 Å². The maximum absolute atomic E-state index is 13.7. The number of furan rings is 1. The molecule has 1 amide bonds. The molecule has 1 aliphatic heterocycles. The van der Waals surface area contributed by atoms with Crippen LogP contribution < -0.4 is 14.4 Å². The number of amides is 1. The molecule has 1 unspecified atom stereocenters. The van der Waals surface area contributed by atoms with Crippen LogP contribution in [0.2, 0.25) is 0 Å². The monoisotopic (exact) mass is 475 g/mol. The molecule has 2 aromatic heterocycles. The van der Waals surface area contributed by atoms with Gasteiger partial charge in [-0.15, -0.1) is 11.3 Å². The molecule has 0 spiro atoms. The topological polar surface area (TPSA) is 89.2 Å². The Morgan fingerprint density at radius 2 is 1.82 bits per heavy atom. The molecule has 7 nitrogen and oxygen atoms in total. The van der Waals surface area contributed by atoms with Crippen LogP contribution in [0.4, 0.5) is 5.69 Å². The third kappa shape index (κ3) is 3.34. The lowest BCUT2D eigenvalue weighted by molar-refractivity contribution is -0.117. The third-order valence-electron chi connectivity index (χ3n) is 5.90. The second-order valence-electron chi connectivity index (χ2n) is 7.82. The van der Waals surface area contributed by atoms with Gasteiger partial charge in [-0.05, 0) is 48.2 Å². The smallest absolute Gasteiger partial charge is 0.294 e. The summed E-state index contributed by atoms with van der Waals surface area (Å²) >= 11 is 1.41. The zero-order valence-electron chi connectivity index (χ0n) is 18.7. The number of Topliss-reactive ketones (excluding diaryl/α,β-unsaturated/α-hetero) is 1. The summed E-state index contributed by atoms with van der Waals surface area (Å²) in [6, 6.07) is 15.0. The van der Waals surface area contributed by atoms with Crippen LogP contribution in [0.25, 0.3) is 11.0 Å². The number of methoxy groups -OCH3 is 2. The molecular formula is C26H21NO6S. The van der Waals surface area contributed by atoms with Crippen LogP contribution in [0.1, 0.15) is 27.0 Å². The number of ether oxygens (including phenoxy) is 2. The van der Waals surface area contributed by atoms with Gasteiger partial charge in [0, 0.05) is 22.0 Å². The summed E-state index contributed by atoms with van der Waals surface area (Å²) in [5, 5.41) is 13.6. The SMILES string of the molecule is COc1ccc(N2C(=O)C(O)=C(C(=O)c3cc4ccccc4o3)C2c2sccc2C)cc1OC. The average molecular weight is 476 g/mol. The van der Waals surface area contributed by atoms with Crippen molar-refractivity contribution in [2.24, 2.45) is 0 Å². The molecule has 2 aromatic carbocycles. The normalized spacial score (nSPS) is 15.9. The van der Waals surface area contributed by atoms with Crippen molar-refractivity contribution in [1.29, 1.82) is 0 Å². The molecule has 0 radical (unpaired) electrons. The van der Waals surface area contributed by atoms with Gasteiger partial charge in [-0.3, -0.25) is 14.5 Å². The van der Waals surface area contributed by atoms with Crippen LogP contribution in [-0.2, 0) is 4.79 Å². The second kappa shape index (κ2) is 8.39. The lowest BCUT2D eigenvalue weighted by Crippen LogP contribution is -2.31. The van der Waals surface area contributed by atoms with E-state index in [0.29, 0.717) is 22.8 Å². The Hall–Kier alpha value is -4.04. The van der Waals surface area contributed by atoms with Gasteiger partial charge in [0.1, 0.15) is 11.6 Å². The van der Waals surface area contributed by atoms with Gasteiger partial charge >= 0.3 is 0 Å². The molecule has 172 valence electrons. The molecule has 0 fully saturated rings. The highest BCUT2D eigenvalue weighted by atomic mass is 32.1. The number of nitrogens with zero attached hydrogens (tertiary/aromatic N) is 1. The van der Waals surface area contributed by atoms with E-state index in [4.69, 9.17) is 13.9 Å². The van der Waals surface area contributed by atoms with Gasteiger partial charge in [-0.1, -0.05) is 18.2 Å². The van der Waals surface area contributed by atoms with E-state index in [-0.39, 0.29) is 11.3 Å². The molecule has 0 saturated carbocycles. The number of thiophene rings is 1. The number of aliphatic hydroxyl groups excluding tert-OH is 1. The van der Waals surface area contributed by atoms with E-state index in [1.807, 2.05) is 36.6 Å². The predicted octanol–water partition coefficient (Wildman–Crippen LogP) is 5.60. The molecule has 0 saturated heterocycles. The highest BCUT2D eigenvalue weighted by Gasteiger charge is 2.46. The van der Waals surface area contributed by atoms with Crippen LogP contribution in [0.3, 0.4) is 0 Å². The first-order valence-electron chi connectivity index (χ1n) is 10.5. The summed E-state index contributed by atoms with van der Waals surface area (Å²) in [5.41, 5.74) is 1.89. The van der Waals surface area contributed by atoms with E-state index in [2.05, 4.69) is 0 Å². The summed E-state index contributed by atoms with van der Waals surface area (Å²) in [6.07, 6.45) is 0. The number of hydrogen-bond acceptors (Lipinski definition) is 7. The van der Waals surface area contributed by atoms with Crippen molar-refractivity contribution in [3.05, 3.63) is 87.5 Å². The number of ketones is 1. The lowest BCUT2D eigenvalue weighted by Gasteiger charge is -2.27. The third-order valence-corrected chi connectivity index (χ3v) is 6.97. The number of fused-ring (bicyclic) bond motifs is 1. The van der Waals surface area contributed by atoms with Gasteiger partial charge in [-0.2, -0.15) is 0 Å². The van der Waals surface area contributed by atoms with Crippen molar-refractivity contribution < 1.29 is 28.6 Å². The zero-order valence-corrected chi connectivity index (χ0v) is 19.5. The van der Waals surface area contributed by atoms with Gasteiger partial charge in [0.2, 0.25) is 5.78 Å². The summed E-state index contributed by atoms with van der Waals surface area (Å²) in [7, 11) is 3.02. The van der Waals surface area contributed by atoms with Crippen LogP contribution in [0.5, 0.6) is 11.5 Å². The van der Waals surface area contributed by atoms with Crippen molar-refractivity contribution in [3.8, 4) is 11.5 Å². The standard InChI is InChI=1S/C26H21NO6S/c1-14-10-11-34-25(14)22-21(23(28)20-12-15-6-4-5-7-17(15)33-20)24(29)26(30)27(22)16-8-9-18(31-2)19(13-16)32-3/h4-13,22,29H,1-3H3. The predicted molar refractivity (Wildman–Crippen MR) is 129 cm³/mol. The van der Waals surface area contributed by atoms with Crippen LogP contribution >= 0.6 is 11.3 Å². The van der Waals surface area contributed by atoms with E-state index < -0.39 is 23.5 Å². The van der Waals surface area contributed by atoms with Crippen LogP contribution in [0.15, 0.2) is 75.7 Å². The Bertz CT molecular complexity index is 1430. The van der Waals surface area contributed by atoms with E-state index in [0.717, 1.165) is 15.8 Å². The minimum absolute atomic E-state index is 0.0237. The Kier molecular flexibility index (Phi) is 5.37. The van der Waals surface area contributed by atoms with Gasteiger partial charge in [0.25, 0.3) is 5.91 Å². The highest BCUT2D eigenvalue weighted by molar-refractivity contribution is 7.10. The Morgan fingerprint density at radius 1 is 1.06 bits per heavy atom. The first-order valence-corrected chi connectivity index (χ1v) is 11.4. The van der Waals surface area contributed by atoms with Crippen molar-refractivity contribution >= 4 is 39.7 Å². The number of aryl methyl sites for hydroxylation is 1. The van der Waals surface area contributed by atoms with E-state index in [9.17, 15) is 14.7 Å². The Balaban J connectivity index is 1.66. The number of carbonyl (C=O) groups is 2. The largest absolute Gasteiger partial charge is 0.503 e. The van der Waals surface area contributed by atoms with Crippen molar-refractivity contribution in [2.45, 2.75) is 13.0 Å². The average Bonchev–Trinajstić information content (AvgIpc) is 3.54. The summed E-state index contributed by atoms with van der Waals surface area (Å²) in [6.45, 7) is 1.90. The fourth-order valence-electron chi connectivity index (χ4n) is 4.22. The first-order chi connectivity index (χ1) is 16.4. The molecule has 0 aliphatic carbocycles. The quantitative estimate of drug-likeness (QED) is 0.365. The number of aliphatic hydroxyl groups is 1. The number of rotatable bonds is 6. The molecule has 1 atom stereocenters. The molecule has 4 aromatic rings. The van der Waals surface area contributed by atoms with E-state index in [1.54, 1.807) is 30.3 Å². The van der Waals surface area contributed by atoms with Gasteiger partial charge in [-0.25, -0.2) is 0 Å². The van der Waals surface area contributed by atoms with Gasteiger partial charge in [0.15, 0.2) is 23.0 Å². The van der Waals surface area contributed by atoms with Gasteiger partial charge in [0.05, 0.1) is 19.8 Å². The number of benzene rings is 2. The van der Waals surface area contributed by atoms with E-state index >= 15 is 0 Å². The highest BCUT2D eigenvalue weighted by Crippen LogP contribution is 2.46. The van der Waals surface area contributed by atoms with Crippen molar-refractivity contribution in [2.75, 3.05) is 19.1 Å². The fraction of sp³-hybridized carbons (Fsp3) is 0.154. The maximum Gasteiger partial charge on any atom is 0.294 e. The molecule has 0 bridgehead atoms. The van der Waals surface area contributed by atoms with E-state index in [1.165, 1.54) is 30.5 Å². The fourth-order valence-corrected chi connectivity index (χ4v) is 5.24. The molecule has 34 heavy (non-hydrogen) atoms. The molecule has 1 aliphatic rings. The number of anilines is 1. The summed E-state index contributed by atoms with van der Waals surface area (Å²) in [4.78, 5) is 29.2. The molecule has 5 rings (SSSR count). The summed E-state index contributed by atoms with van der Waals surface area (Å²) in [5.74, 6) is -0.835. The van der Waals surface area contributed by atoms with Crippen molar-refractivity contribution in [1.82, 2.24) is 0 Å². The molecule has 8 heteroatoms. The van der Waals surface area contributed by atoms with Gasteiger partial charge < -0.3 is 19.0 Å². The number of para-hydroxylation sites is 1. The Morgan fingerprint density at radius 3 is 2.50 bits per heavy atom. The van der Waals surface area contributed by atoms with Crippen LogP contribution in [0, 0.1) is 6.92 Å². The minimum atomic E-state index is -0.827. The lowest BCUT2D eigenvalue weighted by atomic mass is 9.98. The summed E-state index contributed by atoms with van der Waals surface area (Å²) < 4.78 is 16.5. The maximum atomic E-state index is 13.7. The molecule has 3 heterocycles. The zero-order chi connectivity index (χ0) is 24.0. The number of hydrogen-bond donors (Lipinski definition) is 1.